The maximum atomic E-state index is 13.7. The lowest BCUT2D eigenvalue weighted by atomic mass is 9.96. The third-order valence-corrected chi connectivity index (χ3v) is 7.21. The monoisotopic (exact) mass is 555 g/mol. The van der Waals surface area contributed by atoms with Crippen LogP contribution in [0.1, 0.15) is 58.7 Å². The second kappa shape index (κ2) is 10.3. The highest BCUT2D eigenvalue weighted by Crippen LogP contribution is 2.41. The van der Waals surface area contributed by atoms with Crippen LogP contribution in [0.2, 0.25) is 0 Å². The number of alkyl halides is 3. The fourth-order valence-electron chi connectivity index (χ4n) is 5.15. The van der Waals surface area contributed by atoms with Crippen LogP contribution in [0.15, 0.2) is 49.2 Å². The van der Waals surface area contributed by atoms with Gasteiger partial charge in [0.25, 0.3) is 5.91 Å². The zero-order chi connectivity index (χ0) is 28.8. The van der Waals surface area contributed by atoms with Gasteiger partial charge in [-0.1, -0.05) is 32.6 Å². The molecule has 1 atom stereocenters. The molecule has 1 N–H and O–H groups in total. The molecule has 210 valence electrons. The minimum absolute atomic E-state index is 0.0952. The Labute approximate surface area is 228 Å². The van der Waals surface area contributed by atoms with Gasteiger partial charge < -0.3 is 19.6 Å². The van der Waals surface area contributed by atoms with Gasteiger partial charge in [-0.3, -0.25) is 9.59 Å². The molecule has 3 aromatic rings. The van der Waals surface area contributed by atoms with E-state index in [0.717, 1.165) is 23.6 Å². The highest BCUT2D eigenvalue weighted by molar-refractivity contribution is 5.95. The SMILES string of the molecule is C=CC(=O)N1CCOc2nn(-c3ccc(C(C)C)cc3)c3c2[C@H](C1)N(C(=O)c1cnc(C(F)(F)F)c(O)c1)CC3. The summed E-state index contributed by atoms with van der Waals surface area (Å²) in [5.41, 5.74) is 1.72. The highest BCUT2D eigenvalue weighted by atomic mass is 19.4. The number of rotatable bonds is 4. The Morgan fingerprint density at radius 2 is 1.93 bits per heavy atom. The number of hydrogen-bond acceptors (Lipinski definition) is 6. The van der Waals surface area contributed by atoms with E-state index in [-0.39, 0.29) is 37.7 Å². The van der Waals surface area contributed by atoms with Gasteiger partial charge in [0.1, 0.15) is 12.4 Å². The predicted octanol–water partition coefficient (Wildman–Crippen LogP) is 4.26. The van der Waals surface area contributed by atoms with E-state index in [1.807, 2.05) is 24.3 Å². The minimum atomic E-state index is -4.87. The third-order valence-electron chi connectivity index (χ3n) is 7.21. The summed E-state index contributed by atoms with van der Waals surface area (Å²) in [5.74, 6) is -1.45. The predicted molar refractivity (Wildman–Crippen MR) is 138 cm³/mol. The molecule has 4 heterocycles. The molecule has 0 saturated heterocycles. The first-order valence-electron chi connectivity index (χ1n) is 12.8. The molecule has 0 saturated carbocycles. The first kappa shape index (κ1) is 27.2. The van der Waals surface area contributed by atoms with Crippen molar-refractivity contribution in [2.24, 2.45) is 0 Å². The Hall–Kier alpha value is -4.35. The van der Waals surface area contributed by atoms with Crippen molar-refractivity contribution in [1.82, 2.24) is 24.6 Å². The molecular weight excluding hydrogens is 527 g/mol. The zero-order valence-electron chi connectivity index (χ0n) is 22.0. The van der Waals surface area contributed by atoms with Crippen molar-refractivity contribution in [2.75, 3.05) is 26.2 Å². The summed E-state index contributed by atoms with van der Waals surface area (Å²) in [6.45, 7) is 8.44. The molecule has 9 nitrogen and oxygen atoms in total. The number of nitrogens with zero attached hydrogens (tertiary/aromatic N) is 5. The Morgan fingerprint density at radius 1 is 1.20 bits per heavy atom. The summed E-state index contributed by atoms with van der Waals surface area (Å²) in [4.78, 5) is 32.5. The van der Waals surface area contributed by atoms with Gasteiger partial charge >= 0.3 is 6.18 Å². The fourth-order valence-corrected chi connectivity index (χ4v) is 5.15. The molecule has 2 amide bonds. The average Bonchev–Trinajstić information content (AvgIpc) is 3.28. The second-order valence-corrected chi connectivity index (χ2v) is 10.0. The highest BCUT2D eigenvalue weighted by Gasteiger charge is 2.41. The zero-order valence-corrected chi connectivity index (χ0v) is 22.0. The second-order valence-electron chi connectivity index (χ2n) is 10.0. The first-order valence-corrected chi connectivity index (χ1v) is 12.8. The number of carbonyl (C=O) groups is 2. The molecule has 40 heavy (non-hydrogen) atoms. The van der Waals surface area contributed by atoms with Gasteiger partial charge in [0.05, 0.1) is 35.1 Å². The smallest absolute Gasteiger partial charge is 0.437 e. The largest absolute Gasteiger partial charge is 0.506 e. The summed E-state index contributed by atoms with van der Waals surface area (Å²) in [7, 11) is 0. The molecule has 0 aliphatic carbocycles. The van der Waals surface area contributed by atoms with Crippen LogP contribution in [0.5, 0.6) is 11.6 Å². The van der Waals surface area contributed by atoms with Crippen molar-refractivity contribution in [3.8, 4) is 17.3 Å². The van der Waals surface area contributed by atoms with Crippen molar-refractivity contribution in [2.45, 2.75) is 38.4 Å². The Morgan fingerprint density at radius 3 is 2.55 bits per heavy atom. The molecule has 0 radical (unpaired) electrons. The molecule has 0 spiro atoms. The number of amides is 2. The quantitative estimate of drug-likeness (QED) is 0.483. The lowest BCUT2D eigenvalue weighted by molar-refractivity contribution is -0.142. The van der Waals surface area contributed by atoms with Gasteiger partial charge in [0.15, 0.2) is 5.69 Å². The van der Waals surface area contributed by atoms with Crippen molar-refractivity contribution >= 4 is 11.8 Å². The molecule has 2 aliphatic heterocycles. The van der Waals surface area contributed by atoms with Crippen LogP contribution in [-0.4, -0.2) is 67.7 Å². The maximum absolute atomic E-state index is 13.7. The number of hydrogen-bond donors (Lipinski definition) is 1. The molecule has 2 aliphatic rings. The van der Waals surface area contributed by atoms with Gasteiger partial charge in [-0.25, -0.2) is 9.67 Å². The maximum Gasteiger partial charge on any atom is 0.437 e. The number of halogens is 3. The van der Waals surface area contributed by atoms with E-state index in [1.54, 1.807) is 4.68 Å². The number of ether oxygens (including phenoxy) is 1. The van der Waals surface area contributed by atoms with Crippen LogP contribution in [0, 0.1) is 0 Å². The Balaban J connectivity index is 1.57. The Kier molecular flexibility index (Phi) is 7.03. The first-order chi connectivity index (χ1) is 19.0. The number of benzene rings is 1. The summed E-state index contributed by atoms with van der Waals surface area (Å²) in [6, 6.07) is 8.02. The minimum Gasteiger partial charge on any atom is -0.506 e. The van der Waals surface area contributed by atoms with Crippen LogP contribution in [0.4, 0.5) is 13.2 Å². The van der Waals surface area contributed by atoms with E-state index in [4.69, 9.17) is 9.84 Å². The number of aromatic hydroxyl groups is 1. The molecule has 0 unspecified atom stereocenters. The number of pyridine rings is 1. The van der Waals surface area contributed by atoms with E-state index in [0.29, 0.717) is 23.8 Å². The Bertz CT molecular complexity index is 1470. The van der Waals surface area contributed by atoms with E-state index in [2.05, 4.69) is 25.4 Å². The lowest BCUT2D eigenvalue weighted by Gasteiger charge is -2.39. The van der Waals surface area contributed by atoms with Crippen molar-refractivity contribution in [3.63, 3.8) is 0 Å². The van der Waals surface area contributed by atoms with E-state index >= 15 is 0 Å². The average molecular weight is 556 g/mol. The summed E-state index contributed by atoms with van der Waals surface area (Å²) in [5, 5.41) is 14.7. The van der Waals surface area contributed by atoms with Crippen molar-refractivity contribution in [1.29, 1.82) is 0 Å². The summed E-state index contributed by atoms with van der Waals surface area (Å²) >= 11 is 0. The van der Waals surface area contributed by atoms with Gasteiger partial charge in [-0.2, -0.15) is 13.2 Å². The van der Waals surface area contributed by atoms with Crippen molar-refractivity contribution < 1.29 is 32.6 Å². The number of aromatic nitrogens is 3. The van der Waals surface area contributed by atoms with Crippen LogP contribution in [-0.2, 0) is 17.4 Å². The van der Waals surface area contributed by atoms with Crippen LogP contribution in [0.25, 0.3) is 5.69 Å². The normalized spacial score (nSPS) is 17.1. The van der Waals surface area contributed by atoms with Crippen molar-refractivity contribution in [3.05, 3.63) is 77.3 Å². The molecule has 2 aromatic heterocycles. The number of carbonyl (C=O) groups excluding carboxylic acids is 2. The standard InChI is InChI=1S/C28H28F3N5O4/c1-4-23(38)34-11-12-40-26-24-20(36(33-26)19-7-5-17(6-8-19)16(2)3)9-10-35(21(24)15-34)27(39)18-13-22(37)25(32-14-18)28(29,30)31/h4-8,13-14,16,21,37H,1,9-12,15H2,2-3H3/t21-/m0/s1. The van der Waals surface area contributed by atoms with Gasteiger partial charge in [-0.15, -0.1) is 5.10 Å². The summed E-state index contributed by atoms with van der Waals surface area (Å²) in [6.07, 6.45) is -2.52. The lowest BCUT2D eigenvalue weighted by Crippen LogP contribution is -2.48. The fraction of sp³-hybridized carbons (Fsp3) is 0.357. The molecule has 5 rings (SSSR count). The molecule has 12 heteroatoms. The molecule has 1 aromatic carbocycles. The van der Waals surface area contributed by atoms with Crippen LogP contribution in [0.3, 0.4) is 0 Å². The van der Waals surface area contributed by atoms with Gasteiger partial charge in [0.2, 0.25) is 11.8 Å². The van der Waals surface area contributed by atoms with Gasteiger partial charge in [-0.05, 0) is 35.8 Å². The topological polar surface area (TPSA) is 101 Å². The molecular formula is C28H28F3N5O4. The summed E-state index contributed by atoms with van der Waals surface area (Å²) < 4.78 is 47.1. The van der Waals surface area contributed by atoms with E-state index < -0.39 is 29.6 Å². The van der Waals surface area contributed by atoms with Gasteiger partial charge in [0, 0.05) is 25.7 Å². The van der Waals surface area contributed by atoms with E-state index in [1.165, 1.54) is 21.4 Å². The molecule has 0 fully saturated rings. The van der Waals surface area contributed by atoms with Crippen LogP contribution < -0.4 is 4.74 Å². The van der Waals surface area contributed by atoms with E-state index in [9.17, 15) is 27.9 Å². The molecule has 0 bridgehead atoms. The van der Waals surface area contributed by atoms with Crippen LogP contribution >= 0.6 is 0 Å². The third kappa shape index (κ3) is 4.89.